The van der Waals surface area contributed by atoms with Gasteiger partial charge in [-0.1, -0.05) is 30.3 Å². The van der Waals surface area contributed by atoms with Crippen LogP contribution in [0.15, 0.2) is 60.1 Å². The number of fused-ring (bicyclic) bond motifs is 1. The third-order valence-corrected chi connectivity index (χ3v) is 5.88. The summed E-state index contributed by atoms with van der Waals surface area (Å²) in [7, 11) is 1.60. The van der Waals surface area contributed by atoms with E-state index < -0.39 is 12.0 Å². The third kappa shape index (κ3) is 4.75. The van der Waals surface area contributed by atoms with Crippen LogP contribution in [0, 0.1) is 0 Å². The maximum atomic E-state index is 12.5. The summed E-state index contributed by atoms with van der Waals surface area (Å²) < 4.78 is 5.24. The van der Waals surface area contributed by atoms with E-state index in [2.05, 4.69) is 15.3 Å². The zero-order valence-corrected chi connectivity index (χ0v) is 17.6. The first-order chi connectivity index (χ1) is 15.0. The Morgan fingerprint density at radius 3 is 2.87 bits per heavy atom. The minimum absolute atomic E-state index is 0.0120. The van der Waals surface area contributed by atoms with Gasteiger partial charge in [-0.15, -0.1) is 11.3 Å². The molecule has 0 fully saturated rings. The Morgan fingerprint density at radius 2 is 2.06 bits per heavy atom. The van der Waals surface area contributed by atoms with Crippen LogP contribution < -0.4 is 10.1 Å². The van der Waals surface area contributed by atoms with Crippen LogP contribution in [0.3, 0.4) is 0 Å². The molecule has 2 aromatic carbocycles. The lowest BCUT2D eigenvalue weighted by atomic mass is 10.0. The topological polar surface area (TPSA) is 104 Å². The highest BCUT2D eigenvalue weighted by Gasteiger charge is 2.22. The number of H-pyrrole nitrogens is 1. The fraction of sp³-hybridized carbons (Fsp3) is 0.174. The zero-order valence-electron chi connectivity index (χ0n) is 16.8. The van der Waals surface area contributed by atoms with Crippen molar-refractivity contribution in [2.24, 2.45) is 0 Å². The van der Waals surface area contributed by atoms with Crippen molar-refractivity contribution in [3.8, 4) is 16.3 Å². The first-order valence-corrected chi connectivity index (χ1v) is 10.6. The number of carboxylic acids is 1. The van der Waals surface area contributed by atoms with Gasteiger partial charge in [0.2, 0.25) is 5.91 Å². The van der Waals surface area contributed by atoms with Gasteiger partial charge < -0.3 is 20.1 Å². The molecule has 4 aromatic rings. The smallest absolute Gasteiger partial charge is 0.326 e. The van der Waals surface area contributed by atoms with E-state index in [1.165, 1.54) is 11.3 Å². The van der Waals surface area contributed by atoms with E-state index in [0.717, 1.165) is 32.8 Å². The maximum Gasteiger partial charge on any atom is 0.326 e. The molecule has 1 amide bonds. The van der Waals surface area contributed by atoms with Gasteiger partial charge in [-0.3, -0.25) is 4.79 Å². The number of nitrogens with one attached hydrogen (secondary N) is 2. The van der Waals surface area contributed by atoms with E-state index in [4.69, 9.17) is 4.74 Å². The van der Waals surface area contributed by atoms with E-state index in [0.29, 0.717) is 5.69 Å². The van der Waals surface area contributed by atoms with E-state index >= 15 is 0 Å². The highest BCUT2D eigenvalue weighted by atomic mass is 32.1. The van der Waals surface area contributed by atoms with Crippen molar-refractivity contribution in [1.29, 1.82) is 0 Å². The highest BCUT2D eigenvalue weighted by molar-refractivity contribution is 7.13. The molecular formula is C23H21N3O4S. The number of amides is 1. The van der Waals surface area contributed by atoms with Gasteiger partial charge in [0.05, 0.1) is 19.2 Å². The first-order valence-electron chi connectivity index (χ1n) is 9.69. The molecule has 2 heterocycles. The highest BCUT2D eigenvalue weighted by Crippen LogP contribution is 2.27. The number of carbonyl (C=O) groups is 2. The number of carbonyl (C=O) groups excluding carboxylic acids is 1. The normalized spacial score (nSPS) is 11.9. The van der Waals surface area contributed by atoms with E-state index in [1.807, 2.05) is 53.9 Å². The second-order valence-corrected chi connectivity index (χ2v) is 7.93. The largest absolute Gasteiger partial charge is 0.497 e. The van der Waals surface area contributed by atoms with Crippen LogP contribution in [0.2, 0.25) is 0 Å². The molecular weight excluding hydrogens is 414 g/mol. The van der Waals surface area contributed by atoms with Crippen molar-refractivity contribution in [2.45, 2.75) is 18.9 Å². The molecule has 1 unspecified atom stereocenters. The second-order valence-electron chi connectivity index (χ2n) is 7.07. The second kappa shape index (κ2) is 9.01. The third-order valence-electron chi connectivity index (χ3n) is 4.94. The number of methoxy groups -OCH3 is 1. The SMILES string of the molecule is COc1cccc(-c2nc(CC(=O)NC(Cc3c[nH]c4ccccc34)C(=O)O)cs2)c1. The molecule has 2 aromatic heterocycles. The standard InChI is InChI=1S/C23H21N3O4S/c1-30-17-6-4-5-14(9-17)22-25-16(13-31-22)11-21(27)26-20(23(28)29)10-15-12-24-19-8-3-2-7-18(15)19/h2-9,12-13,20,24H,10-11H2,1H3,(H,26,27)(H,28,29). The number of aliphatic carboxylic acids is 1. The summed E-state index contributed by atoms with van der Waals surface area (Å²) in [6, 6.07) is 14.2. The van der Waals surface area contributed by atoms with Gasteiger partial charge in [-0.2, -0.15) is 0 Å². The Labute approximate surface area is 182 Å². The summed E-state index contributed by atoms with van der Waals surface area (Å²) in [6.45, 7) is 0. The van der Waals surface area contributed by atoms with E-state index in [-0.39, 0.29) is 18.7 Å². The number of hydrogen-bond donors (Lipinski definition) is 3. The molecule has 3 N–H and O–H groups in total. The van der Waals surface area contributed by atoms with Crippen molar-refractivity contribution in [1.82, 2.24) is 15.3 Å². The predicted molar refractivity (Wildman–Crippen MR) is 119 cm³/mol. The van der Waals surface area contributed by atoms with Crippen molar-refractivity contribution in [3.63, 3.8) is 0 Å². The number of hydrogen-bond acceptors (Lipinski definition) is 5. The van der Waals surface area contributed by atoms with Crippen molar-refractivity contribution < 1.29 is 19.4 Å². The van der Waals surface area contributed by atoms with Crippen LogP contribution in [0.25, 0.3) is 21.5 Å². The summed E-state index contributed by atoms with van der Waals surface area (Å²) in [5.74, 6) is -0.725. The molecule has 0 aliphatic heterocycles. The van der Waals surface area contributed by atoms with Gasteiger partial charge in [0.1, 0.15) is 16.8 Å². The van der Waals surface area contributed by atoms with Gasteiger partial charge in [-0.25, -0.2) is 9.78 Å². The summed E-state index contributed by atoms with van der Waals surface area (Å²) in [5, 5.41) is 15.8. The molecule has 0 aliphatic rings. The molecule has 4 rings (SSSR count). The number of ether oxygens (including phenoxy) is 1. The maximum absolute atomic E-state index is 12.5. The number of carboxylic acid groups (broad SMARTS) is 1. The molecule has 8 heteroatoms. The summed E-state index contributed by atoms with van der Waals surface area (Å²) in [5.41, 5.74) is 3.27. The average molecular weight is 436 g/mol. The van der Waals surface area contributed by atoms with Crippen molar-refractivity contribution >= 4 is 34.1 Å². The number of aromatic amines is 1. The molecule has 31 heavy (non-hydrogen) atoms. The minimum Gasteiger partial charge on any atom is -0.497 e. The molecule has 0 saturated carbocycles. The Bertz CT molecular complexity index is 1230. The molecule has 1 atom stereocenters. The van der Waals surface area contributed by atoms with E-state index in [1.54, 1.807) is 13.3 Å². The fourth-order valence-electron chi connectivity index (χ4n) is 3.41. The number of thiazole rings is 1. The molecule has 7 nitrogen and oxygen atoms in total. The lowest BCUT2D eigenvalue weighted by Gasteiger charge is -2.14. The summed E-state index contributed by atoms with van der Waals surface area (Å²) >= 11 is 1.43. The monoisotopic (exact) mass is 435 g/mol. The van der Waals surface area contributed by atoms with Gasteiger partial charge in [0.15, 0.2) is 0 Å². The Balaban J connectivity index is 1.43. The van der Waals surface area contributed by atoms with Crippen LogP contribution in [-0.2, 0) is 22.4 Å². The predicted octanol–water partition coefficient (Wildman–Crippen LogP) is 3.65. The number of nitrogens with zero attached hydrogens (tertiary/aromatic N) is 1. The molecule has 0 saturated heterocycles. The van der Waals surface area contributed by atoms with Gasteiger partial charge in [-0.05, 0) is 23.8 Å². The minimum atomic E-state index is -1.08. The summed E-state index contributed by atoms with van der Waals surface area (Å²) in [4.78, 5) is 31.9. The Hall–Kier alpha value is -3.65. The molecule has 0 aliphatic carbocycles. The molecule has 0 radical (unpaired) electrons. The molecule has 158 valence electrons. The average Bonchev–Trinajstić information content (AvgIpc) is 3.40. The van der Waals surface area contributed by atoms with Crippen LogP contribution in [-0.4, -0.2) is 40.1 Å². The number of aromatic nitrogens is 2. The zero-order chi connectivity index (χ0) is 21.8. The first kappa shape index (κ1) is 20.6. The van der Waals surface area contributed by atoms with Crippen LogP contribution in [0.5, 0.6) is 5.75 Å². The Kier molecular flexibility index (Phi) is 5.99. The Morgan fingerprint density at radius 1 is 1.23 bits per heavy atom. The van der Waals surface area contributed by atoms with Crippen LogP contribution in [0.4, 0.5) is 0 Å². The lowest BCUT2D eigenvalue weighted by Crippen LogP contribution is -2.43. The van der Waals surface area contributed by atoms with Gasteiger partial charge in [0, 0.05) is 34.5 Å². The quantitative estimate of drug-likeness (QED) is 0.392. The van der Waals surface area contributed by atoms with Gasteiger partial charge in [0.25, 0.3) is 0 Å². The van der Waals surface area contributed by atoms with Crippen LogP contribution >= 0.6 is 11.3 Å². The van der Waals surface area contributed by atoms with Gasteiger partial charge >= 0.3 is 5.97 Å². The van der Waals surface area contributed by atoms with Crippen LogP contribution in [0.1, 0.15) is 11.3 Å². The number of para-hydroxylation sites is 1. The van der Waals surface area contributed by atoms with E-state index in [9.17, 15) is 14.7 Å². The number of benzene rings is 2. The lowest BCUT2D eigenvalue weighted by molar-refractivity contribution is -0.141. The van der Waals surface area contributed by atoms with Crippen molar-refractivity contribution in [2.75, 3.05) is 7.11 Å². The summed E-state index contributed by atoms with van der Waals surface area (Å²) in [6.07, 6.45) is 1.99. The molecule has 0 spiro atoms. The molecule has 0 bridgehead atoms. The number of rotatable bonds is 8. The fourth-order valence-corrected chi connectivity index (χ4v) is 4.22. The van der Waals surface area contributed by atoms with Crippen molar-refractivity contribution in [3.05, 3.63) is 71.4 Å².